The number of H-pyrrole nitrogens is 1. The van der Waals surface area contributed by atoms with E-state index in [1.54, 1.807) is 19.1 Å². The third-order valence-electron chi connectivity index (χ3n) is 3.02. The van der Waals surface area contributed by atoms with Crippen molar-refractivity contribution < 1.29 is 4.74 Å². The third-order valence-corrected chi connectivity index (χ3v) is 3.48. The Kier molecular flexibility index (Phi) is 3.17. The van der Waals surface area contributed by atoms with Crippen molar-refractivity contribution in [3.8, 4) is 11.6 Å². The summed E-state index contributed by atoms with van der Waals surface area (Å²) in [5, 5.41) is 6.28. The van der Waals surface area contributed by atoms with Gasteiger partial charge < -0.3 is 10.5 Å². The number of anilines is 1. The summed E-state index contributed by atoms with van der Waals surface area (Å²) in [4.78, 5) is 15.8. The zero-order chi connectivity index (χ0) is 15.1. The molecule has 0 bridgehead atoms. The van der Waals surface area contributed by atoms with Gasteiger partial charge in [-0.05, 0) is 31.5 Å². The molecular weight excluding hydrogens is 338 g/mol. The van der Waals surface area contributed by atoms with E-state index < -0.39 is 0 Å². The molecule has 3 aromatic rings. The van der Waals surface area contributed by atoms with E-state index in [1.807, 2.05) is 13.0 Å². The molecule has 108 valence electrons. The summed E-state index contributed by atoms with van der Waals surface area (Å²) in [6.07, 6.45) is 0. The number of hydrogen-bond donors (Lipinski definition) is 2. The molecule has 1 aromatic carbocycles. The van der Waals surface area contributed by atoms with Crippen LogP contribution in [0.1, 0.15) is 11.4 Å². The standard InChI is InChI=1S/C13H12BrN5O2/c1-6-3-8(14)4-9(15)12(6)21-11-5-10-17-18-13(20)19(10)7(2)16-11/h3-5H,15H2,1-2H3,(H,18,20). The van der Waals surface area contributed by atoms with Crippen LogP contribution in [0.5, 0.6) is 11.6 Å². The monoisotopic (exact) mass is 349 g/mol. The lowest BCUT2D eigenvalue weighted by Crippen LogP contribution is -2.13. The van der Waals surface area contributed by atoms with Gasteiger partial charge in [0, 0.05) is 10.5 Å². The van der Waals surface area contributed by atoms with E-state index >= 15 is 0 Å². The van der Waals surface area contributed by atoms with Gasteiger partial charge >= 0.3 is 5.69 Å². The first kappa shape index (κ1) is 13.6. The van der Waals surface area contributed by atoms with Crippen LogP contribution in [0.15, 0.2) is 27.5 Å². The Labute approximate surface area is 127 Å². The molecule has 0 atom stereocenters. The Morgan fingerprint density at radius 3 is 2.81 bits per heavy atom. The number of hydrogen-bond acceptors (Lipinski definition) is 5. The van der Waals surface area contributed by atoms with E-state index in [2.05, 4.69) is 31.1 Å². The highest BCUT2D eigenvalue weighted by atomic mass is 79.9. The zero-order valence-corrected chi connectivity index (χ0v) is 12.9. The maximum Gasteiger partial charge on any atom is 0.349 e. The molecule has 3 rings (SSSR count). The second kappa shape index (κ2) is 4.88. The molecule has 21 heavy (non-hydrogen) atoms. The third kappa shape index (κ3) is 2.38. The number of nitrogen functional groups attached to an aromatic ring is 1. The second-order valence-electron chi connectivity index (χ2n) is 4.61. The highest BCUT2D eigenvalue weighted by molar-refractivity contribution is 9.10. The highest BCUT2D eigenvalue weighted by Crippen LogP contribution is 2.33. The van der Waals surface area contributed by atoms with Crippen LogP contribution in [0.4, 0.5) is 5.69 Å². The number of fused-ring (bicyclic) bond motifs is 1. The number of halogens is 1. The molecule has 0 aliphatic carbocycles. The molecule has 7 nitrogen and oxygen atoms in total. The molecule has 0 spiro atoms. The Hall–Kier alpha value is -2.35. The van der Waals surface area contributed by atoms with Crippen LogP contribution in [0.2, 0.25) is 0 Å². The molecular formula is C13H12BrN5O2. The van der Waals surface area contributed by atoms with Gasteiger partial charge in [-0.3, -0.25) is 0 Å². The summed E-state index contributed by atoms with van der Waals surface area (Å²) in [7, 11) is 0. The van der Waals surface area contributed by atoms with Crippen LogP contribution in [0, 0.1) is 13.8 Å². The van der Waals surface area contributed by atoms with E-state index in [1.165, 1.54) is 4.40 Å². The fourth-order valence-corrected chi connectivity index (χ4v) is 2.71. The largest absolute Gasteiger partial charge is 0.436 e. The molecule has 0 saturated carbocycles. The van der Waals surface area contributed by atoms with Gasteiger partial charge in [-0.15, -0.1) is 0 Å². The lowest BCUT2D eigenvalue weighted by molar-refractivity contribution is 0.458. The maximum atomic E-state index is 11.6. The van der Waals surface area contributed by atoms with Crippen molar-refractivity contribution in [3.63, 3.8) is 0 Å². The molecule has 0 aliphatic heterocycles. The molecule has 2 heterocycles. The van der Waals surface area contributed by atoms with E-state index in [0.29, 0.717) is 28.8 Å². The summed E-state index contributed by atoms with van der Waals surface area (Å²) in [6.45, 7) is 3.59. The van der Waals surface area contributed by atoms with Crippen molar-refractivity contribution in [1.29, 1.82) is 0 Å². The number of nitrogens with zero attached hydrogens (tertiary/aromatic N) is 3. The number of benzene rings is 1. The van der Waals surface area contributed by atoms with Gasteiger partial charge in [-0.1, -0.05) is 15.9 Å². The number of ether oxygens (including phenoxy) is 1. The molecule has 0 aliphatic rings. The number of aryl methyl sites for hydroxylation is 2. The quantitative estimate of drug-likeness (QED) is 0.691. The van der Waals surface area contributed by atoms with Crippen molar-refractivity contribution in [1.82, 2.24) is 19.6 Å². The van der Waals surface area contributed by atoms with Crippen LogP contribution >= 0.6 is 15.9 Å². The lowest BCUT2D eigenvalue weighted by Gasteiger charge is -2.11. The predicted octanol–water partition coefficient (Wildman–Crippen LogP) is 2.17. The van der Waals surface area contributed by atoms with Crippen LogP contribution in [-0.2, 0) is 0 Å². The normalized spacial score (nSPS) is 11.0. The van der Waals surface area contributed by atoms with Gasteiger partial charge in [0.2, 0.25) is 5.88 Å². The van der Waals surface area contributed by atoms with E-state index in [4.69, 9.17) is 10.5 Å². The second-order valence-corrected chi connectivity index (χ2v) is 5.52. The molecule has 0 radical (unpaired) electrons. The van der Waals surface area contributed by atoms with Gasteiger partial charge in [0.15, 0.2) is 11.4 Å². The number of nitrogens with one attached hydrogen (secondary N) is 1. The fraction of sp³-hybridized carbons (Fsp3) is 0.154. The first-order valence-corrected chi connectivity index (χ1v) is 6.93. The van der Waals surface area contributed by atoms with Gasteiger partial charge in [0.1, 0.15) is 5.82 Å². The Bertz CT molecular complexity index is 876. The van der Waals surface area contributed by atoms with Gasteiger partial charge in [0.05, 0.1) is 5.69 Å². The maximum absolute atomic E-state index is 11.6. The summed E-state index contributed by atoms with van der Waals surface area (Å²) >= 11 is 3.38. The summed E-state index contributed by atoms with van der Waals surface area (Å²) < 4.78 is 8.01. The zero-order valence-electron chi connectivity index (χ0n) is 11.3. The van der Waals surface area contributed by atoms with Crippen molar-refractivity contribution in [2.24, 2.45) is 0 Å². The first-order chi connectivity index (χ1) is 9.95. The Balaban J connectivity index is 2.09. The first-order valence-electron chi connectivity index (χ1n) is 6.14. The predicted molar refractivity (Wildman–Crippen MR) is 81.7 cm³/mol. The number of nitrogens with two attached hydrogens (primary N) is 1. The molecule has 0 saturated heterocycles. The van der Waals surface area contributed by atoms with Gasteiger partial charge in [-0.25, -0.2) is 14.3 Å². The minimum Gasteiger partial charge on any atom is -0.436 e. The lowest BCUT2D eigenvalue weighted by atomic mass is 10.2. The van der Waals surface area contributed by atoms with Crippen molar-refractivity contribution >= 4 is 27.3 Å². The summed E-state index contributed by atoms with van der Waals surface area (Å²) in [6, 6.07) is 5.23. The van der Waals surface area contributed by atoms with Crippen LogP contribution in [0.3, 0.4) is 0 Å². The van der Waals surface area contributed by atoms with Crippen LogP contribution in [0.25, 0.3) is 5.65 Å². The molecule has 2 aromatic heterocycles. The van der Waals surface area contributed by atoms with Crippen LogP contribution in [-0.4, -0.2) is 19.6 Å². The topological polar surface area (TPSA) is 98.3 Å². The van der Waals surface area contributed by atoms with Crippen molar-refractivity contribution in [3.05, 3.63) is 44.5 Å². The molecule has 0 fully saturated rings. The molecule has 0 amide bonds. The highest BCUT2D eigenvalue weighted by Gasteiger charge is 2.12. The van der Waals surface area contributed by atoms with E-state index in [-0.39, 0.29) is 5.69 Å². The van der Waals surface area contributed by atoms with Crippen molar-refractivity contribution in [2.75, 3.05) is 5.73 Å². The Morgan fingerprint density at radius 2 is 2.10 bits per heavy atom. The summed E-state index contributed by atoms with van der Waals surface area (Å²) in [5.41, 5.74) is 7.45. The fourth-order valence-electron chi connectivity index (χ4n) is 2.12. The smallest absolute Gasteiger partial charge is 0.349 e. The molecule has 8 heteroatoms. The van der Waals surface area contributed by atoms with Crippen molar-refractivity contribution in [2.45, 2.75) is 13.8 Å². The molecule has 3 N–H and O–H groups in total. The summed E-state index contributed by atoms with van der Waals surface area (Å²) in [5.74, 6) is 1.35. The Morgan fingerprint density at radius 1 is 1.33 bits per heavy atom. The van der Waals surface area contributed by atoms with Crippen LogP contribution < -0.4 is 16.2 Å². The average Bonchev–Trinajstić information content (AvgIpc) is 2.76. The van der Waals surface area contributed by atoms with E-state index in [9.17, 15) is 4.79 Å². The SMILES string of the molecule is Cc1cc(Br)cc(N)c1Oc1cc2n[nH]c(=O)n2c(C)n1. The van der Waals surface area contributed by atoms with Gasteiger partial charge in [0.25, 0.3) is 0 Å². The number of aromatic nitrogens is 4. The average molecular weight is 350 g/mol. The minimum atomic E-state index is -0.333. The number of rotatable bonds is 2. The van der Waals surface area contributed by atoms with Gasteiger partial charge in [-0.2, -0.15) is 10.1 Å². The number of aromatic amines is 1. The molecule has 0 unspecified atom stereocenters. The minimum absolute atomic E-state index is 0.330. The van der Waals surface area contributed by atoms with E-state index in [0.717, 1.165) is 10.0 Å².